The van der Waals surface area contributed by atoms with Crippen LogP contribution < -0.4 is 10.6 Å². The fourth-order valence-electron chi connectivity index (χ4n) is 2.84. The molecule has 1 fully saturated rings. The van der Waals surface area contributed by atoms with Crippen LogP contribution >= 0.6 is 0 Å². The molecule has 0 radical (unpaired) electrons. The number of amides is 1. The van der Waals surface area contributed by atoms with Gasteiger partial charge in [-0.25, -0.2) is 0 Å². The van der Waals surface area contributed by atoms with Gasteiger partial charge in [-0.05, 0) is 43.5 Å². The van der Waals surface area contributed by atoms with Gasteiger partial charge in [0.2, 0.25) is 5.91 Å². The van der Waals surface area contributed by atoms with Crippen LogP contribution in [0.1, 0.15) is 38.2 Å². The zero-order chi connectivity index (χ0) is 13.6. The van der Waals surface area contributed by atoms with Gasteiger partial charge in [0.25, 0.3) is 0 Å². The average Bonchev–Trinajstić information content (AvgIpc) is 2.47. The summed E-state index contributed by atoms with van der Waals surface area (Å²) in [7, 11) is 0. The lowest BCUT2D eigenvalue weighted by atomic mass is 9.76. The molecule has 2 rings (SSSR count). The molecule has 1 saturated heterocycles. The maximum absolute atomic E-state index is 12.5. The Morgan fingerprint density at radius 3 is 2.89 bits per heavy atom. The van der Waals surface area contributed by atoms with Crippen molar-refractivity contribution in [2.24, 2.45) is 5.41 Å². The number of hydrogen-bond acceptors (Lipinski definition) is 3. The van der Waals surface area contributed by atoms with Crippen molar-refractivity contribution < 1.29 is 4.79 Å². The van der Waals surface area contributed by atoms with Gasteiger partial charge in [-0.3, -0.25) is 9.78 Å². The van der Waals surface area contributed by atoms with Crippen molar-refractivity contribution in [2.75, 3.05) is 13.1 Å². The second-order valence-corrected chi connectivity index (χ2v) is 5.35. The maximum Gasteiger partial charge on any atom is 0.227 e. The highest BCUT2D eigenvalue weighted by Gasteiger charge is 2.38. The number of pyridine rings is 1. The van der Waals surface area contributed by atoms with Gasteiger partial charge < -0.3 is 10.6 Å². The second-order valence-electron chi connectivity index (χ2n) is 5.35. The van der Waals surface area contributed by atoms with E-state index in [0.717, 1.165) is 44.3 Å². The van der Waals surface area contributed by atoms with E-state index in [-0.39, 0.29) is 11.3 Å². The SMILES string of the molecule is CCCC1(C(=O)NCc2ccncc2)CCCNC1. The Kier molecular flexibility index (Phi) is 4.91. The maximum atomic E-state index is 12.5. The molecule has 2 N–H and O–H groups in total. The predicted octanol–water partition coefficient (Wildman–Crippen LogP) is 1.87. The fourth-order valence-corrected chi connectivity index (χ4v) is 2.84. The molecule has 0 aromatic carbocycles. The number of hydrogen-bond donors (Lipinski definition) is 2. The number of rotatable bonds is 5. The molecule has 1 amide bonds. The standard InChI is InChI=1S/C15H23N3O/c1-2-6-15(7-3-8-17-12-15)14(19)18-11-13-4-9-16-10-5-13/h4-5,9-10,17H,2-3,6-8,11-12H2,1H3,(H,18,19). The molecule has 0 aliphatic carbocycles. The normalized spacial score (nSPS) is 23.0. The summed E-state index contributed by atoms with van der Waals surface area (Å²) in [6.45, 7) is 4.57. The summed E-state index contributed by atoms with van der Waals surface area (Å²) < 4.78 is 0. The molecule has 1 atom stereocenters. The first-order valence-electron chi connectivity index (χ1n) is 7.15. The summed E-state index contributed by atoms with van der Waals surface area (Å²) in [4.78, 5) is 16.5. The first-order chi connectivity index (χ1) is 9.27. The van der Waals surface area contributed by atoms with Crippen molar-refractivity contribution in [3.05, 3.63) is 30.1 Å². The van der Waals surface area contributed by atoms with Crippen LogP contribution in [0.5, 0.6) is 0 Å². The van der Waals surface area contributed by atoms with E-state index in [1.165, 1.54) is 0 Å². The monoisotopic (exact) mass is 261 g/mol. The molecule has 19 heavy (non-hydrogen) atoms. The second kappa shape index (κ2) is 6.66. The van der Waals surface area contributed by atoms with Crippen LogP contribution in [0.3, 0.4) is 0 Å². The van der Waals surface area contributed by atoms with Gasteiger partial charge in [-0.15, -0.1) is 0 Å². The van der Waals surface area contributed by atoms with E-state index in [0.29, 0.717) is 6.54 Å². The van der Waals surface area contributed by atoms with E-state index >= 15 is 0 Å². The minimum atomic E-state index is -0.208. The summed E-state index contributed by atoms with van der Waals surface area (Å²) in [6.07, 6.45) is 7.60. The largest absolute Gasteiger partial charge is 0.352 e. The van der Waals surface area contributed by atoms with Crippen molar-refractivity contribution in [1.29, 1.82) is 0 Å². The Labute approximate surface area is 115 Å². The number of carbonyl (C=O) groups is 1. The predicted molar refractivity (Wildman–Crippen MR) is 75.5 cm³/mol. The summed E-state index contributed by atoms with van der Waals surface area (Å²) in [5.41, 5.74) is 0.888. The van der Waals surface area contributed by atoms with Crippen LogP contribution in [-0.4, -0.2) is 24.0 Å². The van der Waals surface area contributed by atoms with E-state index in [1.807, 2.05) is 12.1 Å². The first kappa shape index (κ1) is 14.0. The molecule has 4 heteroatoms. The molecule has 1 aromatic rings. The van der Waals surface area contributed by atoms with Crippen LogP contribution in [-0.2, 0) is 11.3 Å². The van der Waals surface area contributed by atoms with Crippen LogP contribution in [0.15, 0.2) is 24.5 Å². The quantitative estimate of drug-likeness (QED) is 0.850. The van der Waals surface area contributed by atoms with E-state index in [1.54, 1.807) is 12.4 Å². The minimum absolute atomic E-state index is 0.193. The molecule has 1 aliphatic heterocycles. The van der Waals surface area contributed by atoms with E-state index in [2.05, 4.69) is 22.5 Å². The van der Waals surface area contributed by atoms with Crippen LogP contribution in [0.4, 0.5) is 0 Å². The Hall–Kier alpha value is -1.42. The van der Waals surface area contributed by atoms with Crippen LogP contribution in [0.25, 0.3) is 0 Å². The Morgan fingerprint density at radius 1 is 1.47 bits per heavy atom. The third-order valence-electron chi connectivity index (χ3n) is 3.88. The molecule has 1 aliphatic rings. The zero-order valence-electron chi connectivity index (χ0n) is 11.6. The van der Waals surface area contributed by atoms with Gasteiger partial charge in [0.15, 0.2) is 0 Å². The highest BCUT2D eigenvalue weighted by Crippen LogP contribution is 2.31. The Balaban J connectivity index is 1.96. The number of nitrogens with zero attached hydrogens (tertiary/aromatic N) is 1. The average molecular weight is 261 g/mol. The van der Waals surface area contributed by atoms with Crippen molar-refractivity contribution >= 4 is 5.91 Å². The first-order valence-corrected chi connectivity index (χ1v) is 7.15. The molecule has 4 nitrogen and oxygen atoms in total. The van der Waals surface area contributed by atoms with Crippen molar-refractivity contribution in [3.8, 4) is 0 Å². The lowest BCUT2D eigenvalue weighted by Gasteiger charge is -2.36. The minimum Gasteiger partial charge on any atom is -0.352 e. The lowest BCUT2D eigenvalue weighted by molar-refractivity contribution is -0.132. The molecule has 2 heterocycles. The van der Waals surface area contributed by atoms with E-state index in [9.17, 15) is 4.79 Å². The lowest BCUT2D eigenvalue weighted by Crippen LogP contribution is -2.50. The van der Waals surface area contributed by atoms with E-state index in [4.69, 9.17) is 0 Å². The van der Waals surface area contributed by atoms with Gasteiger partial charge in [-0.1, -0.05) is 13.3 Å². The number of nitrogens with one attached hydrogen (secondary N) is 2. The molecule has 104 valence electrons. The van der Waals surface area contributed by atoms with Gasteiger partial charge in [0.05, 0.1) is 5.41 Å². The highest BCUT2D eigenvalue weighted by atomic mass is 16.2. The van der Waals surface area contributed by atoms with Gasteiger partial charge in [0, 0.05) is 25.5 Å². The number of piperidine rings is 1. The van der Waals surface area contributed by atoms with Gasteiger partial charge in [0.1, 0.15) is 0 Å². The number of carbonyl (C=O) groups excluding carboxylic acids is 1. The van der Waals surface area contributed by atoms with Crippen molar-refractivity contribution in [1.82, 2.24) is 15.6 Å². The Morgan fingerprint density at radius 2 is 2.26 bits per heavy atom. The smallest absolute Gasteiger partial charge is 0.227 e. The van der Waals surface area contributed by atoms with Crippen LogP contribution in [0, 0.1) is 5.41 Å². The zero-order valence-corrected chi connectivity index (χ0v) is 11.6. The molecule has 0 bridgehead atoms. The molecule has 0 spiro atoms. The number of aromatic nitrogens is 1. The summed E-state index contributed by atoms with van der Waals surface area (Å²) in [5, 5.41) is 6.46. The molecular weight excluding hydrogens is 238 g/mol. The van der Waals surface area contributed by atoms with Gasteiger partial charge in [-0.2, -0.15) is 0 Å². The molecule has 0 saturated carbocycles. The highest BCUT2D eigenvalue weighted by molar-refractivity contribution is 5.83. The third kappa shape index (κ3) is 3.53. The van der Waals surface area contributed by atoms with E-state index < -0.39 is 0 Å². The summed E-state index contributed by atoms with van der Waals surface area (Å²) in [6, 6.07) is 3.87. The van der Waals surface area contributed by atoms with Crippen molar-refractivity contribution in [3.63, 3.8) is 0 Å². The third-order valence-corrected chi connectivity index (χ3v) is 3.88. The topological polar surface area (TPSA) is 54.0 Å². The van der Waals surface area contributed by atoms with Crippen LogP contribution in [0.2, 0.25) is 0 Å². The fraction of sp³-hybridized carbons (Fsp3) is 0.600. The van der Waals surface area contributed by atoms with Gasteiger partial charge >= 0.3 is 0 Å². The molecular formula is C15H23N3O. The molecule has 1 unspecified atom stereocenters. The molecule has 1 aromatic heterocycles. The summed E-state index contributed by atoms with van der Waals surface area (Å²) >= 11 is 0. The van der Waals surface area contributed by atoms with Crippen molar-refractivity contribution in [2.45, 2.75) is 39.2 Å². The summed E-state index contributed by atoms with van der Waals surface area (Å²) in [5.74, 6) is 0.193. The Bertz CT molecular complexity index is 394.